The molecule has 7 nitrogen and oxygen atoms in total. The maximum Gasteiger partial charge on any atom is 0.244 e. The number of sulfonamides is 1. The molecule has 1 unspecified atom stereocenters. The lowest BCUT2D eigenvalue weighted by molar-refractivity contribution is 0.0730. The van der Waals surface area contributed by atoms with Crippen LogP contribution < -0.4 is 5.32 Å². The Kier molecular flexibility index (Phi) is 6.03. The number of benzene rings is 1. The van der Waals surface area contributed by atoms with Crippen LogP contribution >= 0.6 is 0 Å². The highest BCUT2D eigenvalue weighted by Crippen LogP contribution is 2.26. The number of anilines is 1. The van der Waals surface area contributed by atoms with Crippen LogP contribution in [0.1, 0.15) is 17.3 Å². The van der Waals surface area contributed by atoms with Crippen molar-refractivity contribution in [2.45, 2.75) is 10.9 Å². The average Bonchev–Trinajstić information content (AvgIpc) is 2.79. The van der Waals surface area contributed by atoms with Crippen LogP contribution in [0.4, 0.5) is 10.2 Å². The lowest BCUT2D eigenvalue weighted by atomic mass is 10.0. The highest BCUT2D eigenvalue weighted by molar-refractivity contribution is 7.89. The van der Waals surface area contributed by atoms with Crippen molar-refractivity contribution in [1.82, 2.24) is 14.3 Å². The SMILES string of the molecule is O=S(=O)(c1ccc(NC(c2cccc(F)c2)c2ccccn2)nc1)N1CCOCC1. The van der Waals surface area contributed by atoms with E-state index in [-0.39, 0.29) is 10.7 Å². The summed E-state index contributed by atoms with van der Waals surface area (Å²) in [6.45, 7) is 1.41. The number of nitrogens with one attached hydrogen (secondary N) is 1. The fourth-order valence-electron chi connectivity index (χ4n) is 3.26. The van der Waals surface area contributed by atoms with Crippen molar-refractivity contribution in [3.63, 3.8) is 0 Å². The maximum atomic E-state index is 13.8. The first-order valence-electron chi connectivity index (χ1n) is 9.51. The highest BCUT2D eigenvalue weighted by Gasteiger charge is 2.26. The second-order valence-electron chi connectivity index (χ2n) is 6.78. The molecule has 1 aromatic carbocycles. The van der Waals surface area contributed by atoms with Crippen molar-refractivity contribution in [3.05, 3.63) is 84.1 Å². The number of nitrogens with zero attached hydrogens (tertiary/aromatic N) is 3. The number of hydrogen-bond donors (Lipinski definition) is 1. The molecule has 0 amide bonds. The van der Waals surface area contributed by atoms with E-state index in [0.29, 0.717) is 43.4 Å². The molecule has 0 saturated carbocycles. The summed E-state index contributed by atoms with van der Waals surface area (Å²) in [6, 6.07) is 14.4. The van der Waals surface area contributed by atoms with Gasteiger partial charge in [-0.15, -0.1) is 0 Å². The minimum absolute atomic E-state index is 0.120. The molecule has 1 aliphatic heterocycles. The molecule has 1 atom stereocenters. The average molecular weight is 428 g/mol. The van der Waals surface area contributed by atoms with Crippen molar-refractivity contribution in [2.24, 2.45) is 0 Å². The smallest absolute Gasteiger partial charge is 0.244 e. The Balaban J connectivity index is 1.59. The Bertz CT molecular complexity index is 1090. The Labute approximate surface area is 174 Å². The molecule has 1 N–H and O–H groups in total. The van der Waals surface area contributed by atoms with Gasteiger partial charge in [0.15, 0.2) is 0 Å². The quantitative estimate of drug-likeness (QED) is 0.650. The van der Waals surface area contributed by atoms with E-state index in [1.54, 1.807) is 30.5 Å². The summed E-state index contributed by atoms with van der Waals surface area (Å²) >= 11 is 0. The summed E-state index contributed by atoms with van der Waals surface area (Å²) in [5.41, 5.74) is 1.37. The second kappa shape index (κ2) is 8.86. The standard InChI is InChI=1S/C21H21FN4O3S/c22-17-5-3-4-16(14-17)21(19-6-1-2-9-23-19)25-20-8-7-18(15-24-20)30(27,28)26-10-12-29-13-11-26/h1-9,14-15,21H,10-13H2,(H,24,25). The predicted octanol–water partition coefficient (Wildman–Crippen LogP) is 2.84. The van der Waals surface area contributed by atoms with Gasteiger partial charge in [-0.25, -0.2) is 17.8 Å². The van der Waals surface area contributed by atoms with Crippen molar-refractivity contribution in [3.8, 4) is 0 Å². The maximum absolute atomic E-state index is 13.8. The van der Waals surface area contributed by atoms with Gasteiger partial charge in [-0.05, 0) is 42.0 Å². The molecule has 9 heteroatoms. The van der Waals surface area contributed by atoms with E-state index in [1.165, 1.54) is 28.7 Å². The molecule has 0 radical (unpaired) electrons. The fourth-order valence-corrected chi connectivity index (χ4v) is 4.62. The normalized spacial score (nSPS) is 16.2. The van der Waals surface area contributed by atoms with Crippen molar-refractivity contribution < 1.29 is 17.5 Å². The fraction of sp³-hybridized carbons (Fsp3) is 0.238. The minimum Gasteiger partial charge on any atom is -0.379 e. The van der Waals surface area contributed by atoms with Gasteiger partial charge < -0.3 is 10.1 Å². The zero-order valence-electron chi connectivity index (χ0n) is 16.1. The predicted molar refractivity (Wildman–Crippen MR) is 110 cm³/mol. The summed E-state index contributed by atoms with van der Waals surface area (Å²) < 4.78 is 45.9. The summed E-state index contributed by atoms with van der Waals surface area (Å²) in [4.78, 5) is 8.78. The zero-order chi connectivity index (χ0) is 21.0. The number of hydrogen-bond acceptors (Lipinski definition) is 6. The van der Waals surface area contributed by atoms with E-state index < -0.39 is 16.1 Å². The third kappa shape index (κ3) is 4.48. The third-order valence-corrected chi connectivity index (χ3v) is 6.68. The number of pyridine rings is 2. The molecule has 4 rings (SSSR count). The van der Waals surface area contributed by atoms with Gasteiger partial charge in [-0.1, -0.05) is 18.2 Å². The number of morpholine rings is 1. The Morgan fingerprint density at radius 1 is 1.03 bits per heavy atom. The van der Waals surface area contributed by atoms with Crippen LogP contribution in [0.2, 0.25) is 0 Å². The first-order valence-corrected chi connectivity index (χ1v) is 10.9. The summed E-state index contributed by atoms with van der Waals surface area (Å²) in [5.74, 6) is 0.103. The van der Waals surface area contributed by atoms with Crippen LogP contribution in [-0.4, -0.2) is 49.0 Å². The molecule has 0 spiro atoms. The molecule has 156 valence electrons. The molecule has 2 aromatic heterocycles. The largest absolute Gasteiger partial charge is 0.379 e. The molecule has 1 fully saturated rings. The molecule has 3 heterocycles. The van der Waals surface area contributed by atoms with E-state index in [9.17, 15) is 12.8 Å². The van der Waals surface area contributed by atoms with Crippen molar-refractivity contribution in [2.75, 3.05) is 31.6 Å². The lowest BCUT2D eigenvalue weighted by Crippen LogP contribution is -2.40. The van der Waals surface area contributed by atoms with Crippen LogP contribution in [-0.2, 0) is 14.8 Å². The second-order valence-corrected chi connectivity index (χ2v) is 8.72. The van der Waals surface area contributed by atoms with Crippen LogP contribution in [0.5, 0.6) is 0 Å². The van der Waals surface area contributed by atoms with Gasteiger partial charge >= 0.3 is 0 Å². The molecule has 0 bridgehead atoms. The first kappa shape index (κ1) is 20.4. The molecule has 1 saturated heterocycles. The van der Waals surface area contributed by atoms with Gasteiger partial charge in [-0.2, -0.15) is 4.31 Å². The number of aromatic nitrogens is 2. The van der Waals surface area contributed by atoms with Gasteiger partial charge in [0, 0.05) is 25.5 Å². The van der Waals surface area contributed by atoms with E-state index in [2.05, 4.69) is 15.3 Å². The number of halogens is 1. The van der Waals surface area contributed by atoms with Gasteiger partial charge in [-0.3, -0.25) is 4.98 Å². The molecule has 30 heavy (non-hydrogen) atoms. The summed E-state index contributed by atoms with van der Waals surface area (Å²) in [7, 11) is -3.62. The van der Waals surface area contributed by atoms with Gasteiger partial charge in [0.1, 0.15) is 16.5 Å². The molecular weight excluding hydrogens is 407 g/mol. The zero-order valence-corrected chi connectivity index (χ0v) is 16.9. The monoisotopic (exact) mass is 428 g/mol. The van der Waals surface area contributed by atoms with Gasteiger partial charge in [0.25, 0.3) is 0 Å². The number of rotatable bonds is 6. The molecule has 3 aromatic rings. The Morgan fingerprint density at radius 2 is 1.87 bits per heavy atom. The van der Waals surface area contributed by atoms with E-state index in [4.69, 9.17) is 4.74 Å². The first-order chi connectivity index (χ1) is 14.5. The van der Waals surface area contributed by atoms with E-state index in [0.717, 1.165) is 0 Å². The summed E-state index contributed by atoms with van der Waals surface area (Å²) in [6.07, 6.45) is 2.99. The summed E-state index contributed by atoms with van der Waals surface area (Å²) in [5, 5.41) is 3.23. The Morgan fingerprint density at radius 3 is 2.53 bits per heavy atom. The number of ether oxygens (including phenoxy) is 1. The van der Waals surface area contributed by atoms with E-state index >= 15 is 0 Å². The lowest BCUT2D eigenvalue weighted by Gasteiger charge is -2.26. The third-order valence-electron chi connectivity index (χ3n) is 4.80. The van der Waals surface area contributed by atoms with Gasteiger partial charge in [0.05, 0.1) is 24.9 Å². The van der Waals surface area contributed by atoms with Crippen molar-refractivity contribution in [1.29, 1.82) is 0 Å². The molecular formula is C21H21FN4O3S. The topological polar surface area (TPSA) is 84.4 Å². The van der Waals surface area contributed by atoms with Crippen LogP contribution in [0.25, 0.3) is 0 Å². The van der Waals surface area contributed by atoms with E-state index in [1.807, 2.05) is 12.1 Å². The molecule has 0 aliphatic carbocycles. The van der Waals surface area contributed by atoms with Crippen LogP contribution in [0.15, 0.2) is 71.9 Å². The Hall–Kier alpha value is -2.88. The van der Waals surface area contributed by atoms with Crippen molar-refractivity contribution >= 4 is 15.8 Å². The van der Waals surface area contributed by atoms with Crippen LogP contribution in [0.3, 0.4) is 0 Å². The van der Waals surface area contributed by atoms with Gasteiger partial charge in [0.2, 0.25) is 10.0 Å². The molecule has 1 aliphatic rings. The highest BCUT2D eigenvalue weighted by atomic mass is 32.2. The van der Waals surface area contributed by atoms with Crippen LogP contribution in [0, 0.1) is 5.82 Å². The minimum atomic E-state index is -3.62.